The summed E-state index contributed by atoms with van der Waals surface area (Å²) in [6, 6.07) is 14.4. The molecule has 0 radical (unpaired) electrons. The largest absolute Gasteiger partial charge is 0.443 e. The highest BCUT2D eigenvalue weighted by Gasteiger charge is 2.28. The van der Waals surface area contributed by atoms with Gasteiger partial charge in [-0.1, -0.05) is 30.7 Å². The van der Waals surface area contributed by atoms with Gasteiger partial charge in [-0.25, -0.2) is 14.7 Å². The number of anilines is 2. The minimum Gasteiger partial charge on any atom is -0.443 e. The smallest absolute Gasteiger partial charge is 0.420 e. The van der Waals surface area contributed by atoms with Crippen LogP contribution < -0.4 is 4.90 Å². The van der Waals surface area contributed by atoms with E-state index in [0.717, 1.165) is 18.7 Å². The molecule has 0 spiro atoms. The molecule has 29 heavy (non-hydrogen) atoms. The lowest BCUT2D eigenvalue weighted by Gasteiger charge is -2.38. The van der Waals surface area contributed by atoms with Crippen molar-refractivity contribution < 1.29 is 9.53 Å². The highest BCUT2D eigenvalue weighted by molar-refractivity contribution is 5.95. The van der Waals surface area contributed by atoms with Gasteiger partial charge in [-0.2, -0.15) is 0 Å². The molecular weight excluding hydrogens is 362 g/mol. The molecule has 5 nitrogen and oxygen atoms in total. The number of hydrogen-bond donors (Lipinski definition) is 0. The molecule has 0 saturated carbocycles. The fourth-order valence-corrected chi connectivity index (χ4v) is 3.87. The molecule has 1 atom stereocenters. The van der Waals surface area contributed by atoms with E-state index < -0.39 is 11.7 Å². The van der Waals surface area contributed by atoms with Crippen molar-refractivity contribution in [3.8, 4) is 0 Å². The van der Waals surface area contributed by atoms with Gasteiger partial charge < -0.3 is 4.74 Å². The summed E-state index contributed by atoms with van der Waals surface area (Å²) in [5.74, 6) is 0.570. The molecule has 5 heteroatoms. The fraction of sp³-hybridized carbons (Fsp3) is 0.500. The number of rotatable bonds is 4. The van der Waals surface area contributed by atoms with Crippen molar-refractivity contribution in [1.82, 2.24) is 9.88 Å². The Morgan fingerprint density at radius 1 is 1.14 bits per heavy atom. The summed E-state index contributed by atoms with van der Waals surface area (Å²) in [6.07, 6.45) is 5.13. The molecule has 1 amide bonds. The summed E-state index contributed by atoms with van der Waals surface area (Å²) in [5, 5.41) is 0. The predicted molar refractivity (Wildman–Crippen MR) is 117 cm³/mol. The van der Waals surface area contributed by atoms with Gasteiger partial charge in [-0.05, 0) is 77.8 Å². The van der Waals surface area contributed by atoms with Crippen LogP contribution in [0.15, 0.2) is 48.7 Å². The number of nitrogens with zero attached hydrogens (tertiary/aromatic N) is 3. The van der Waals surface area contributed by atoms with Crippen molar-refractivity contribution in [1.29, 1.82) is 0 Å². The Morgan fingerprint density at radius 2 is 1.86 bits per heavy atom. The molecule has 0 bridgehead atoms. The highest BCUT2D eigenvalue weighted by Crippen LogP contribution is 2.33. The van der Waals surface area contributed by atoms with Gasteiger partial charge in [0, 0.05) is 18.3 Å². The molecule has 1 aliphatic rings. The second-order valence-electron chi connectivity index (χ2n) is 8.94. The van der Waals surface area contributed by atoms with E-state index in [0.29, 0.717) is 17.9 Å². The van der Waals surface area contributed by atoms with Crippen LogP contribution in [-0.4, -0.2) is 34.2 Å². The van der Waals surface area contributed by atoms with Gasteiger partial charge >= 0.3 is 6.09 Å². The standard InChI is InChI=1S/C24H33N3O2/c1-18(2)26-16-10-9-13-21(26)19-14-15-22(25-17-19)27(20-11-7-6-8-12-20)23(28)29-24(3,4)5/h6-8,11-12,14-15,17-18,21H,9-10,13,16H2,1-5H3/t21-/m1/s1. The lowest BCUT2D eigenvalue weighted by Crippen LogP contribution is -2.38. The normalized spacial score (nSPS) is 17.9. The zero-order chi connectivity index (χ0) is 21.0. The van der Waals surface area contributed by atoms with Gasteiger partial charge in [0.2, 0.25) is 0 Å². The number of carbonyl (C=O) groups excluding carboxylic acids is 1. The molecular formula is C24H33N3O2. The zero-order valence-electron chi connectivity index (χ0n) is 18.3. The zero-order valence-corrected chi connectivity index (χ0v) is 18.3. The lowest BCUT2D eigenvalue weighted by molar-refractivity contribution is 0.0598. The first kappa shape index (κ1) is 21.3. The van der Waals surface area contributed by atoms with Gasteiger partial charge in [0.25, 0.3) is 0 Å². The number of hydrogen-bond acceptors (Lipinski definition) is 4. The maximum Gasteiger partial charge on any atom is 0.420 e. The Hall–Kier alpha value is -2.40. The monoisotopic (exact) mass is 395 g/mol. The maximum atomic E-state index is 12.9. The summed E-state index contributed by atoms with van der Waals surface area (Å²) in [7, 11) is 0. The van der Waals surface area contributed by atoms with Gasteiger partial charge in [0.15, 0.2) is 0 Å². The molecule has 2 heterocycles. The molecule has 0 N–H and O–H groups in total. The number of carbonyl (C=O) groups is 1. The van der Waals surface area contributed by atoms with E-state index in [9.17, 15) is 4.79 Å². The third-order valence-electron chi connectivity index (χ3n) is 5.18. The Kier molecular flexibility index (Phi) is 6.58. The third kappa shape index (κ3) is 5.36. The van der Waals surface area contributed by atoms with Crippen LogP contribution in [0.2, 0.25) is 0 Å². The molecule has 1 aromatic carbocycles. The molecule has 0 unspecified atom stereocenters. The Morgan fingerprint density at radius 3 is 2.45 bits per heavy atom. The van der Waals surface area contributed by atoms with Crippen molar-refractivity contribution in [2.24, 2.45) is 0 Å². The van der Waals surface area contributed by atoms with Gasteiger partial charge in [0.1, 0.15) is 11.4 Å². The highest BCUT2D eigenvalue weighted by atomic mass is 16.6. The Balaban J connectivity index is 1.90. The minimum absolute atomic E-state index is 0.386. The van der Waals surface area contributed by atoms with Crippen molar-refractivity contribution in [3.05, 3.63) is 54.2 Å². The number of piperidine rings is 1. The molecule has 1 aliphatic heterocycles. The average molecular weight is 396 g/mol. The Labute approximate surface area is 174 Å². The molecule has 156 valence electrons. The maximum absolute atomic E-state index is 12.9. The summed E-state index contributed by atoms with van der Waals surface area (Å²) < 4.78 is 5.64. The summed E-state index contributed by atoms with van der Waals surface area (Å²) in [4.78, 5) is 21.7. The van der Waals surface area contributed by atoms with E-state index in [1.54, 1.807) is 0 Å². The van der Waals surface area contributed by atoms with Crippen LogP contribution in [0.4, 0.5) is 16.3 Å². The number of benzene rings is 1. The quantitative estimate of drug-likeness (QED) is 0.628. The second kappa shape index (κ2) is 8.95. The first-order valence-corrected chi connectivity index (χ1v) is 10.6. The number of ether oxygens (including phenoxy) is 1. The van der Waals surface area contributed by atoms with Crippen molar-refractivity contribution in [3.63, 3.8) is 0 Å². The number of amides is 1. The number of likely N-dealkylation sites (tertiary alicyclic amines) is 1. The molecule has 0 aliphatic carbocycles. The van der Waals surface area contributed by atoms with Gasteiger partial charge in [-0.3, -0.25) is 4.90 Å². The molecule has 3 rings (SSSR count). The van der Waals surface area contributed by atoms with Gasteiger partial charge in [0.05, 0.1) is 5.69 Å². The summed E-state index contributed by atoms with van der Waals surface area (Å²) in [6.45, 7) is 11.2. The van der Waals surface area contributed by atoms with E-state index in [1.807, 2.05) is 63.4 Å². The number of para-hydroxylation sites is 1. The number of aromatic nitrogens is 1. The lowest BCUT2D eigenvalue weighted by atomic mass is 9.95. The second-order valence-corrected chi connectivity index (χ2v) is 8.94. The fourth-order valence-electron chi connectivity index (χ4n) is 3.87. The molecule has 1 fully saturated rings. The van der Waals surface area contributed by atoms with Crippen LogP contribution >= 0.6 is 0 Å². The van der Waals surface area contributed by atoms with Crippen LogP contribution in [0.5, 0.6) is 0 Å². The average Bonchev–Trinajstić information content (AvgIpc) is 2.68. The van der Waals surface area contributed by atoms with E-state index in [4.69, 9.17) is 4.74 Å². The SMILES string of the molecule is CC(C)N1CCCC[C@@H]1c1ccc(N(C(=O)OC(C)(C)C)c2ccccc2)nc1. The molecule has 1 saturated heterocycles. The molecule has 1 aromatic heterocycles. The summed E-state index contributed by atoms with van der Waals surface area (Å²) in [5.41, 5.74) is 1.37. The van der Waals surface area contributed by atoms with Gasteiger partial charge in [-0.15, -0.1) is 0 Å². The third-order valence-corrected chi connectivity index (χ3v) is 5.18. The predicted octanol–water partition coefficient (Wildman–Crippen LogP) is 6.09. The van der Waals surface area contributed by atoms with Crippen LogP contribution in [-0.2, 0) is 4.74 Å². The van der Waals surface area contributed by atoms with E-state index >= 15 is 0 Å². The van der Waals surface area contributed by atoms with E-state index in [1.165, 1.54) is 23.3 Å². The van der Waals surface area contributed by atoms with E-state index in [2.05, 4.69) is 29.8 Å². The van der Waals surface area contributed by atoms with Crippen LogP contribution in [0, 0.1) is 0 Å². The van der Waals surface area contributed by atoms with Crippen LogP contribution in [0.1, 0.15) is 65.5 Å². The summed E-state index contributed by atoms with van der Waals surface area (Å²) >= 11 is 0. The van der Waals surface area contributed by atoms with Crippen molar-refractivity contribution in [2.45, 2.75) is 71.6 Å². The minimum atomic E-state index is -0.579. The first-order chi connectivity index (χ1) is 13.8. The molecule has 2 aromatic rings. The number of pyridine rings is 1. The first-order valence-electron chi connectivity index (χ1n) is 10.6. The Bertz CT molecular complexity index is 797. The van der Waals surface area contributed by atoms with Crippen LogP contribution in [0.3, 0.4) is 0 Å². The van der Waals surface area contributed by atoms with Crippen molar-refractivity contribution >= 4 is 17.6 Å². The van der Waals surface area contributed by atoms with E-state index in [-0.39, 0.29) is 0 Å². The topological polar surface area (TPSA) is 45.7 Å². The van der Waals surface area contributed by atoms with Crippen molar-refractivity contribution in [2.75, 3.05) is 11.4 Å². The van der Waals surface area contributed by atoms with Crippen LogP contribution in [0.25, 0.3) is 0 Å².